The summed E-state index contributed by atoms with van der Waals surface area (Å²) in [5.41, 5.74) is 6.54. The number of nitrogens with two attached hydrogens (primary N) is 1. The Morgan fingerprint density at radius 3 is 2.70 bits per heavy atom. The topological polar surface area (TPSA) is 85.1 Å². The molecule has 0 spiro atoms. The zero-order chi connectivity index (χ0) is 14.5. The second kappa shape index (κ2) is 6.42. The monoisotopic (exact) mass is 337 g/mol. The molecule has 2 rings (SSSR count). The predicted molar refractivity (Wildman–Crippen MR) is 84.6 cm³/mol. The van der Waals surface area contributed by atoms with E-state index in [-0.39, 0.29) is 5.95 Å². The van der Waals surface area contributed by atoms with E-state index in [2.05, 4.69) is 36.5 Å². The van der Waals surface area contributed by atoms with Gasteiger partial charge in [-0.05, 0) is 35.0 Å². The van der Waals surface area contributed by atoms with Crippen LogP contribution in [-0.2, 0) is 0 Å². The Morgan fingerprint density at radius 1 is 1.25 bits per heavy atom. The standard InChI is InChI=1S/C13H16BrN5O/c1-3-16-11-7-12(19-13(15)18-11)17-10-6-8(20-2)4-5-9(10)14/h4-7H,3H2,1-2H3,(H4,15,16,17,18,19). The van der Waals surface area contributed by atoms with Crippen molar-refractivity contribution in [1.82, 2.24) is 9.97 Å². The van der Waals surface area contributed by atoms with Crippen LogP contribution in [0.4, 0.5) is 23.3 Å². The lowest BCUT2D eigenvalue weighted by Gasteiger charge is -2.11. The van der Waals surface area contributed by atoms with Crippen molar-refractivity contribution < 1.29 is 4.74 Å². The van der Waals surface area contributed by atoms with Crippen LogP contribution >= 0.6 is 15.9 Å². The molecule has 0 saturated heterocycles. The third kappa shape index (κ3) is 3.51. The number of halogens is 1. The highest BCUT2D eigenvalue weighted by atomic mass is 79.9. The predicted octanol–water partition coefficient (Wildman–Crippen LogP) is 3.01. The van der Waals surface area contributed by atoms with Crippen molar-refractivity contribution in [2.24, 2.45) is 0 Å². The van der Waals surface area contributed by atoms with Gasteiger partial charge in [0.2, 0.25) is 5.95 Å². The van der Waals surface area contributed by atoms with Gasteiger partial charge in [0.15, 0.2) is 0 Å². The summed E-state index contributed by atoms with van der Waals surface area (Å²) in [6.07, 6.45) is 0. The van der Waals surface area contributed by atoms with E-state index in [1.807, 2.05) is 25.1 Å². The van der Waals surface area contributed by atoms with Crippen LogP contribution in [0.3, 0.4) is 0 Å². The minimum atomic E-state index is 0.213. The van der Waals surface area contributed by atoms with Crippen LogP contribution in [0.15, 0.2) is 28.7 Å². The Kier molecular flexibility index (Phi) is 4.62. The maximum Gasteiger partial charge on any atom is 0.223 e. The number of nitrogens with one attached hydrogen (secondary N) is 2. The van der Waals surface area contributed by atoms with Gasteiger partial charge in [-0.15, -0.1) is 0 Å². The second-order valence-electron chi connectivity index (χ2n) is 4.00. The summed E-state index contributed by atoms with van der Waals surface area (Å²) in [5.74, 6) is 2.26. The van der Waals surface area contributed by atoms with E-state index in [4.69, 9.17) is 10.5 Å². The van der Waals surface area contributed by atoms with Gasteiger partial charge in [0, 0.05) is 23.2 Å². The average molecular weight is 338 g/mol. The van der Waals surface area contributed by atoms with Crippen molar-refractivity contribution in [2.45, 2.75) is 6.92 Å². The minimum Gasteiger partial charge on any atom is -0.497 e. The van der Waals surface area contributed by atoms with Crippen molar-refractivity contribution >= 4 is 39.2 Å². The van der Waals surface area contributed by atoms with Gasteiger partial charge in [0.25, 0.3) is 0 Å². The van der Waals surface area contributed by atoms with Gasteiger partial charge >= 0.3 is 0 Å². The molecule has 1 aromatic heterocycles. The summed E-state index contributed by atoms with van der Waals surface area (Å²) in [5, 5.41) is 6.29. The fourth-order valence-corrected chi connectivity index (χ4v) is 2.01. The summed E-state index contributed by atoms with van der Waals surface area (Å²) >= 11 is 3.48. The highest BCUT2D eigenvalue weighted by molar-refractivity contribution is 9.10. The molecule has 0 amide bonds. The molecule has 20 heavy (non-hydrogen) atoms. The number of nitrogens with zero attached hydrogens (tertiary/aromatic N) is 2. The molecular formula is C13H16BrN5O. The lowest BCUT2D eigenvalue weighted by molar-refractivity contribution is 0.415. The van der Waals surface area contributed by atoms with Crippen molar-refractivity contribution in [2.75, 3.05) is 30.0 Å². The third-order valence-corrected chi connectivity index (χ3v) is 3.23. The van der Waals surface area contributed by atoms with Crippen LogP contribution < -0.4 is 21.1 Å². The third-order valence-electron chi connectivity index (χ3n) is 2.54. The first kappa shape index (κ1) is 14.4. The first-order valence-electron chi connectivity index (χ1n) is 6.11. The second-order valence-corrected chi connectivity index (χ2v) is 4.85. The average Bonchev–Trinajstić information content (AvgIpc) is 2.41. The number of methoxy groups -OCH3 is 1. The Hall–Kier alpha value is -2.02. The van der Waals surface area contributed by atoms with Crippen LogP contribution in [0, 0.1) is 0 Å². The molecular weight excluding hydrogens is 322 g/mol. The van der Waals surface area contributed by atoms with Crippen molar-refractivity contribution in [3.05, 3.63) is 28.7 Å². The number of rotatable bonds is 5. The van der Waals surface area contributed by atoms with Crippen molar-refractivity contribution in [3.63, 3.8) is 0 Å². The van der Waals surface area contributed by atoms with Gasteiger partial charge < -0.3 is 21.1 Å². The molecule has 1 heterocycles. The molecule has 0 unspecified atom stereocenters. The molecule has 2 aromatic rings. The highest BCUT2D eigenvalue weighted by Crippen LogP contribution is 2.29. The molecule has 4 N–H and O–H groups in total. The van der Waals surface area contributed by atoms with E-state index in [9.17, 15) is 0 Å². The molecule has 7 heteroatoms. The molecule has 0 aliphatic carbocycles. The molecule has 1 aromatic carbocycles. The number of nitrogen functional groups attached to an aromatic ring is 1. The Balaban J connectivity index is 2.29. The lowest BCUT2D eigenvalue weighted by atomic mass is 10.3. The van der Waals surface area contributed by atoms with Crippen LogP contribution in [0.25, 0.3) is 0 Å². The van der Waals surface area contributed by atoms with Crippen LogP contribution in [0.5, 0.6) is 5.75 Å². The SMILES string of the molecule is CCNc1cc(Nc2cc(OC)ccc2Br)nc(N)n1. The summed E-state index contributed by atoms with van der Waals surface area (Å²) in [4.78, 5) is 8.26. The number of hydrogen-bond acceptors (Lipinski definition) is 6. The Bertz CT molecular complexity index is 605. The quantitative estimate of drug-likeness (QED) is 0.777. The zero-order valence-electron chi connectivity index (χ0n) is 11.3. The van der Waals surface area contributed by atoms with E-state index in [1.54, 1.807) is 13.2 Å². The van der Waals surface area contributed by atoms with Gasteiger partial charge in [-0.1, -0.05) is 0 Å². The van der Waals surface area contributed by atoms with E-state index in [0.29, 0.717) is 11.6 Å². The molecule has 0 bridgehead atoms. The largest absolute Gasteiger partial charge is 0.497 e. The number of hydrogen-bond donors (Lipinski definition) is 3. The summed E-state index contributed by atoms with van der Waals surface area (Å²) < 4.78 is 6.11. The highest BCUT2D eigenvalue weighted by Gasteiger charge is 2.06. The molecule has 0 aliphatic rings. The zero-order valence-corrected chi connectivity index (χ0v) is 12.9. The van der Waals surface area contributed by atoms with E-state index < -0.39 is 0 Å². The Labute approximate surface area is 125 Å². The van der Waals surface area contributed by atoms with E-state index in [1.165, 1.54) is 0 Å². The van der Waals surface area contributed by atoms with Gasteiger partial charge in [-0.2, -0.15) is 9.97 Å². The fourth-order valence-electron chi connectivity index (χ4n) is 1.67. The van der Waals surface area contributed by atoms with E-state index in [0.717, 1.165) is 22.5 Å². The van der Waals surface area contributed by atoms with Crippen molar-refractivity contribution in [3.8, 4) is 5.75 Å². The molecule has 0 atom stereocenters. The maximum absolute atomic E-state index is 5.70. The van der Waals surface area contributed by atoms with Crippen LogP contribution in [0.1, 0.15) is 6.92 Å². The molecule has 6 nitrogen and oxygen atoms in total. The number of aromatic nitrogens is 2. The smallest absolute Gasteiger partial charge is 0.223 e. The number of benzene rings is 1. The van der Waals surface area contributed by atoms with E-state index >= 15 is 0 Å². The number of anilines is 4. The molecule has 0 aliphatic heterocycles. The van der Waals surface area contributed by atoms with Gasteiger partial charge in [-0.3, -0.25) is 0 Å². The van der Waals surface area contributed by atoms with Gasteiger partial charge in [-0.25, -0.2) is 0 Å². The van der Waals surface area contributed by atoms with Crippen LogP contribution in [-0.4, -0.2) is 23.6 Å². The lowest BCUT2D eigenvalue weighted by Crippen LogP contribution is -2.05. The summed E-state index contributed by atoms with van der Waals surface area (Å²) in [6.45, 7) is 2.75. The van der Waals surface area contributed by atoms with Crippen molar-refractivity contribution in [1.29, 1.82) is 0 Å². The number of ether oxygens (including phenoxy) is 1. The maximum atomic E-state index is 5.70. The van der Waals surface area contributed by atoms with Crippen LogP contribution in [0.2, 0.25) is 0 Å². The van der Waals surface area contributed by atoms with Gasteiger partial charge in [0.1, 0.15) is 17.4 Å². The molecule has 0 radical (unpaired) electrons. The fraction of sp³-hybridized carbons (Fsp3) is 0.231. The summed E-state index contributed by atoms with van der Waals surface area (Å²) in [7, 11) is 1.62. The molecule has 0 fully saturated rings. The molecule has 106 valence electrons. The van der Waals surface area contributed by atoms with Gasteiger partial charge in [0.05, 0.1) is 12.8 Å². The Morgan fingerprint density at radius 2 is 2.00 bits per heavy atom. The minimum absolute atomic E-state index is 0.213. The molecule has 0 saturated carbocycles. The normalized spacial score (nSPS) is 10.2. The summed E-state index contributed by atoms with van der Waals surface area (Å²) in [6, 6.07) is 7.44. The first-order valence-corrected chi connectivity index (χ1v) is 6.90. The first-order chi connectivity index (χ1) is 9.62.